The molecule has 0 bridgehead atoms. The van der Waals surface area contributed by atoms with Crippen molar-refractivity contribution in [1.29, 1.82) is 0 Å². The topological polar surface area (TPSA) is 128 Å². The number of carbonyl (C=O) groups excluding carboxylic acids is 2. The van der Waals surface area contributed by atoms with Crippen LogP contribution in [0.1, 0.15) is 49.9 Å². The number of aromatic carboxylic acids is 1. The highest BCUT2D eigenvalue weighted by Gasteiger charge is 2.39. The number of halogens is 1. The highest BCUT2D eigenvalue weighted by Crippen LogP contribution is 2.38. The molecule has 0 aliphatic carbocycles. The average molecular weight is 523 g/mol. The molecule has 11 heteroatoms. The zero-order chi connectivity index (χ0) is 27.3. The van der Waals surface area contributed by atoms with Crippen molar-refractivity contribution < 1.29 is 28.6 Å². The van der Waals surface area contributed by atoms with Crippen molar-refractivity contribution in [2.45, 2.75) is 13.0 Å². The van der Waals surface area contributed by atoms with Gasteiger partial charge in [-0.3, -0.25) is 9.59 Å². The summed E-state index contributed by atoms with van der Waals surface area (Å²) in [5.74, 6) is -2.97. The number of amides is 2. The lowest BCUT2D eigenvalue weighted by atomic mass is 10.1. The van der Waals surface area contributed by atoms with E-state index in [1.54, 1.807) is 55.7 Å². The quantitative estimate of drug-likeness (QED) is 0.320. The normalized spacial score (nSPS) is 13.5. The van der Waals surface area contributed by atoms with Crippen LogP contribution >= 0.6 is 0 Å². The van der Waals surface area contributed by atoms with E-state index >= 15 is 0 Å². The number of imide groups is 1. The van der Waals surface area contributed by atoms with Gasteiger partial charge in [0, 0.05) is 17.8 Å². The summed E-state index contributed by atoms with van der Waals surface area (Å²) in [6, 6.07) is 16.4. The lowest BCUT2D eigenvalue weighted by molar-refractivity contribution is 0.0688. The van der Waals surface area contributed by atoms with Crippen LogP contribution in [0.5, 0.6) is 5.75 Å². The predicted octanol–water partition coefficient (Wildman–Crippen LogP) is 4.59. The third-order valence-corrected chi connectivity index (χ3v) is 6.29. The number of anilines is 1. The fraction of sp³-hybridized carbons (Fsp3) is 0.0714. The van der Waals surface area contributed by atoms with Gasteiger partial charge in [-0.15, -0.1) is 0 Å². The molecule has 0 saturated carbocycles. The molecule has 1 N–H and O–H groups in total. The van der Waals surface area contributed by atoms with E-state index in [1.165, 1.54) is 35.0 Å². The maximum atomic E-state index is 14.1. The first-order chi connectivity index (χ1) is 18.8. The van der Waals surface area contributed by atoms with E-state index in [1.807, 2.05) is 0 Å². The van der Waals surface area contributed by atoms with Crippen molar-refractivity contribution in [3.8, 4) is 11.4 Å². The lowest BCUT2D eigenvalue weighted by Crippen LogP contribution is -2.31. The van der Waals surface area contributed by atoms with Gasteiger partial charge >= 0.3 is 5.97 Å². The minimum Gasteiger partial charge on any atom is -0.480 e. The van der Waals surface area contributed by atoms with Crippen molar-refractivity contribution in [3.63, 3.8) is 0 Å². The monoisotopic (exact) mass is 523 g/mol. The molecular weight excluding hydrogens is 505 g/mol. The van der Waals surface area contributed by atoms with Gasteiger partial charge in [-0.2, -0.15) is 5.10 Å². The molecule has 1 atom stereocenters. The van der Waals surface area contributed by atoms with Crippen LogP contribution in [0.2, 0.25) is 0 Å². The van der Waals surface area contributed by atoms with Crippen molar-refractivity contribution >= 4 is 34.5 Å². The van der Waals surface area contributed by atoms with Crippen LogP contribution < -0.4 is 9.64 Å². The molecule has 1 aliphatic heterocycles. The van der Waals surface area contributed by atoms with Gasteiger partial charge in [0.2, 0.25) is 0 Å². The summed E-state index contributed by atoms with van der Waals surface area (Å²) in [5.41, 5.74) is 1.26. The molecular formula is C28H18FN5O5. The number of nitrogens with zero attached hydrogens (tertiary/aromatic N) is 5. The molecule has 1 aliphatic rings. The number of carbonyl (C=O) groups is 3. The Labute approximate surface area is 219 Å². The third-order valence-electron chi connectivity index (χ3n) is 6.29. The highest BCUT2D eigenvalue weighted by molar-refractivity contribution is 6.34. The van der Waals surface area contributed by atoms with Gasteiger partial charge in [0.1, 0.15) is 23.3 Å². The van der Waals surface area contributed by atoms with Crippen LogP contribution in [0.4, 0.5) is 10.2 Å². The van der Waals surface area contributed by atoms with E-state index < -0.39 is 29.7 Å². The van der Waals surface area contributed by atoms with Crippen molar-refractivity contribution in [3.05, 3.63) is 107 Å². The van der Waals surface area contributed by atoms with E-state index in [9.17, 15) is 23.9 Å². The Morgan fingerprint density at radius 1 is 0.974 bits per heavy atom. The number of hydrogen-bond donors (Lipinski definition) is 1. The summed E-state index contributed by atoms with van der Waals surface area (Å²) in [4.78, 5) is 48.0. The molecule has 192 valence electrons. The Bertz CT molecular complexity index is 1770. The van der Waals surface area contributed by atoms with Crippen LogP contribution in [0.25, 0.3) is 16.6 Å². The van der Waals surface area contributed by atoms with E-state index in [0.29, 0.717) is 16.6 Å². The fourth-order valence-corrected chi connectivity index (χ4v) is 4.48. The maximum Gasteiger partial charge on any atom is 0.354 e. The largest absolute Gasteiger partial charge is 0.480 e. The molecule has 4 heterocycles. The minimum absolute atomic E-state index is 0.00375. The third kappa shape index (κ3) is 4.06. The highest BCUT2D eigenvalue weighted by atomic mass is 19.1. The Morgan fingerprint density at radius 2 is 1.72 bits per heavy atom. The summed E-state index contributed by atoms with van der Waals surface area (Å²) >= 11 is 0. The van der Waals surface area contributed by atoms with Crippen LogP contribution in [0.15, 0.2) is 79.1 Å². The standard InChI is InChI=1S/C28H18FN5O5/c1-15(24-22(33-12-4-11-30-33)10-9-21(31-24)28(37)38)39-23-14-16-13-17(29)7-8-20(16)32-25(23)34-26(35)18-5-2-3-6-19(18)27(34)36/h2-15H,1H3,(H,37,38)/t15-/m0/s1. The van der Waals surface area contributed by atoms with Gasteiger partial charge in [-0.25, -0.2) is 28.7 Å². The van der Waals surface area contributed by atoms with Gasteiger partial charge in [0.05, 0.1) is 22.3 Å². The number of hydrogen-bond acceptors (Lipinski definition) is 7. The van der Waals surface area contributed by atoms with Gasteiger partial charge in [-0.05, 0) is 61.5 Å². The number of rotatable bonds is 6. The van der Waals surface area contributed by atoms with E-state index in [-0.39, 0.29) is 34.1 Å². The molecule has 0 unspecified atom stereocenters. The second kappa shape index (κ2) is 9.14. The Morgan fingerprint density at radius 3 is 2.38 bits per heavy atom. The Hall–Kier alpha value is -5.45. The first kappa shape index (κ1) is 23.9. The molecule has 0 spiro atoms. The molecule has 10 nitrogen and oxygen atoms in total. The Kier molecular flexibility index (Phi) is 5.60. The van der Waals surface area contributed by atoms with Gasteiger partial charge in [0.15, 0.2) is 11.6 Å². The summed E-state index contributed by atoms with van der Waals surface area (Å²) in [5, 5.41) is 14.1. The zero-order valence-corrected chi connectivity index (χ0v) is 20.3. The van der Waals surface area contributed by atoms with Crippen molar-refractivity contribution in [1.82, 2.24) is 19.7 Å². The fourth-order valence-electron chi connectivity index (χ4n) is 4.48. The minimum atomic E-state index is -1.23. The molecule has 2 amide bonds. The first-order valence-corrected chi connectivity index (χ1v) is 11.8. The summed E-state index contributed by atoms with van der Waals surface area (Å²) < 4.78 is 21.8. The second-order valence-corrected chi connectivity index (χ2v) is 8.76. The second-order valence-electron chi connectivity index (χ2n) is 8.76. The van der Waals surface area contributed by atoms with Crippen LogP contribution in [0, 0.1) is 5.82 Å². The van der Waals surface area contributed by atoms with E-state index in [0.717, 1.165) is 4.90 Å². The van der Waals surface area contributed by atoms with E-state index in [2.05, 4.69) is 15.1 Å². The number of ether oxygens (including phenoxy) is 1. The van der Waals surface area contributed by atoms with Crippen LogP contribution in [-0.4, -0.2) is 42.6 Å². The lowest BCUT2D eigenvalue weighted by Gasteiger charge is -2.22. The molecule has 5 aromatic rings. The molecule has 0 radical (unpaired) electrons. The number of fused-ring (bicyclic) bond motifs is 2. The number of aromatic nitrogens is 4. The van der Waals surface area contributed by atoms with Crippen LogP contribution in [-0.2, 0) is 0 Å². The molecule has 0 saturated heterocycles. The smallest absolute Gasteiger partial charge is 0.354 e. The zero-order valence-electron chi connectivity index (χ0n) is 20.3. The van der Waals surface area contributed by atoms with Crippen molar-refractivity contribution in [2.24, 2.45) is 0 Å². The van der Waals surface area contributed by atoms with Gasteiger partial charge in [0.25, 0.3) is 11.8 Å². The van der Waals surface area contributed by atoms with Gasteiger partial charge < -0.3 is 9.84 Å². The van der Waals surface area contributed by atoms with E-state index in [4.69, 9.17) is 4.74 Å². The van der Waals surface area contributed by atoms with Gasteiger partial charge in [-0.1, -0.05) is 12.1 Å². The van der Waals surface area contributed by atoms with Crippen LogP contribution in [0.3, 0.4) is 0 Å². The SMILES string of the molecule is C[C@H](Oc1cc2cc(F)ccc2nc1N1C(=O)c2ccccc2C1=O)c1nc(C(=O)O)ccc1-n1cccn1. The maximum absolute atomic E-state index is 14.1. The predicted molar refractivity (Wildman–Crippen MR) is 137 cm³/mol. The Balaban J connectivity index is 1.49. The number of pyridine rings is 2. The summed E-state index contributed by atoms with van der Waals surface area (Å²) in [6.45, 7) is 1.63. The summed E-state index contributed by atoms with van der Waals surface area (Å²) in [7, 11) is 0. The number of benzene rings is 2. The first-order valence-electron chi connectivity index (χ1n) is 11.8. The average Bonchev–Trinajstić information content (AvgIpc) is 3.55. The molecule has 6 rings (SSSR count). The molecule has 39 heavy (non-hydrogen) atoms. The number of carboxylic acids is 1. The number of carboxylic acid groups (broad SMARTS) is 1. The summed E-state index contributed by atoms with van der Waals surface area (Å²) in [6.07, 6.45) is 2.31. The molecule has 3 aromatic heterocycles. The van der Waals surface area contributed by atoms with Crippen molar-refractivity contribution in [2.75, 3.05) is 4.90 Å². The molecule has 0 fully saturated rings. The molecule has 2 aromatic carbocycles.